The van der Waals surface area contributed by atoms with Crippen LogP contribution < -0.4 is 9.47 Å². The molecule has 1 aliphatic rings. The molecule has 2 heterocycles. The second kappa shape index (κ2) is 9.03. The Morgan fingerprint density at radius 3 is 2.63 bits per heavy atom. The highest BCUT2D eigenvalue weighted by Crippen LogP contribution is 2.31. The maximum atomic E-state index is 13.5. The minimum Gasteiger partial charge on any atom is -0.485 e. The standard InChI is InChI=1S/C24H27N3O3/c1-18(12-13-19-8-4-3-5-9-19)27(16-23-25-14-15-26(23)2)24(28)22-17-29-20-10-6-7-11-21(20)30-22/h3-11,14-15,18,22H,12-13,16-17H2,1-2H3/t18-,22+/m1/s1. The zero-order chi connectivity index (χ0) is 20.9. The van der Waals surface area contributed by atoms with Crippen molar-refractivity contribution in [2.24, 2.45) is 7.05 Å². The van der Waals surface area contributed by atoms with E-state index in [0.717, 1.165) is 18.7 Å². The number of carbonyl (C=O) groups is 1. The summed E-state index contributed by atoms with van der Waals surface area (Å²) in [6.45, 7) is 2.72. The highest BCUT2D eigenvalue weighted by atomic mass is 16.6. The normalized spacial score (nSPS) is 16.1. The minimum atomic E-state index is -0.667. The summed E-state index contributed by atoms with van der Waals surface area (Å²) < 4.78 is 13.7. The Morgan fingerprint density at radius 2 is 1.90 bits per heavy atom. The van der Waals surface area contributed by atoms with Crippen LogP contribution in [-0.2, 0) is 24.8 Å². The number of imidazole rings is 1. The molecule has 0 bridgehead atoms. The van der Waals surface area contributed by atoms with Crippen molar-refractivity contribution in [2.45, 2.75) is 38.5 Å². The highest BCUT2D eigenvalue weighted by molar-refractivity contribution is 5.82. The number of fused-ring (bicyclic) bond motifs is 1. The SMILES string of the molecule is C[C@H](CCc1ccccc1)N(Cc1nccn1C)C(=O)[C@@H]1COc2ccccc2O1. The quantitative estimate of drug-likeness (QED) is 0.603. The van der Waals surface area contributed by atoms with Crippen LogP contribution in [0.25, 0.3) is 0 Å². The maximum absolute atomic E-state index is 13.5. The highest BCUT2D eigenvalue weighted by Gasteiger charge is 2.33. The van der Waals surface area contributed by atoms with Crippen molar-refractivity contribution in [1.29, 1.82) is 0 Å². The van der Waals surface area contributed by atoms with Gasteiger partial charge in [-0.15, -0.1) is 0 Å². The van der Waals surface area contributed by atoms with Crippen molar-refractivity contribution in [1.82, 2.24) is 14.5 Å². The summed E-state index contributed by atoms with van der Waals surface area (Å²) in [5, 5.41) is 0. The zero-order valence-electron chi connectivity index (χ0n) is 17.4. The van der Waals surface area contributed by atoms with Gasteiger partial charge in [-0.05, 0) is 37.5 Å². The van der Waals surface area contributed by atoms with Crippen molar-refractivity contribution in [3.05, 3.63) is 78.4 Å². The van der Waals surface area contributed by atoms with E-state index in [0.29, 0.717) is 18.0 Å². The Hall–Kier alpha value is -3.28. The predicted molar refractivity (Wildman–Crippen MR) is 114 cm³/mol. The number of amides is 1. The van der Waals surface area contributed by atoms with Crippen LogP contribution in [0.5, 0.6) is 11.5 Å². The first-order valence-electron chi connectivity index (χ1n) is 10.3. The average Bonchev–Trinajstić information content (AvgIpc) is 3.20. The van der Waals surface area contributed by atoms with Crippen LogP contribution in [0.4, 0.5) is 0 Å². The monoisotopic (exact) mass is 405 g/mol. The summed E-state index contributed by atoms with van der Waals surface area (Å²) in [6, 6.07) is 17.8. The smallest absolute Gasteiger partial charge is 0.267 e. The molecule has 2 aromatic carbocycles. The topological polar surface area (TPSA) is 56.6 Å². The van der Waals surface area contributed by atoms with Crippen molar-refractivity contribution in [3.8, 4) is 11.5 Å². The second-order valence-corrected chi connectivity index (χ2v) is 7.66. The number of carbonyl (C=O) groups excluding carboxylic acids is 1. The van der Waals surface area contributed by atoms with E-state index in [1.165, 1.54) is 5.56 Å². The Bertz CT molecular complexity index is 986. The third-order valence-corrected chi connectivity index (χ3v) is 5.53. The van der Waals surface area contributed by atoms with E-state index < -0.39 is 6.10 Å². The minimum absolute atomic E-state index is 0.0233. The van der Waals surface area contributed by atoms with Gasteiger partial charge in [0, 0.05) is 25.5 Å². The summed E-state index contributed by atoms with van der Waals surface area (Å²) >= 11 is 0. The molecule has 0 spiro atoms. The van der Waals surface area contributed by atoms with E-state index in [1.807, 2.05) is 65.2 Å². The molecule has 1 amide bonds. The lowest BCUT2D eigenvalue weighted by molar-refractivity contribution is -0.144. The molecule has 0 saturated carbocycles. The van der Waals surface area contributed by atoms with Crippen LogP contribution >= 0.6 is 0 Å². The lowest BCUT2D eigenvalue weighted by Gasteiger charge is -2.34. The molecule has 6 heteroatoms. The summed E-state index contributed by atoms with van der Waals surface area (Å²) in [7, 11) is 1.94. The van der Waals surface area contributed by atoms with Gasteiger partial charge in [0.05, 0.1) is 6.54 Å². The van der Waals surface area contributed by atoms with E-state index in [2.05, 4.69) is 24.0 Å². The van der Waals surface area contributed by atoms with Gasteiger partial charge in [0.2, 0.25) is 6.10 Å². The summed E-state index contributed by atoms with van der Waals surface area (Å²) in [6.07, 6.45) is 4.73. The van der Waals surface area contributed by atoms with E-state index in [-0.39, 0.29) is 18.6 Å². The Kier molecular flexibility index (Phi) is 6.02. The number of para-hydroxylation sites is 2. The molecule has 0 unspecified atom stereocenters. The first-order chi connectivity index (χ1) is 14.6. The largest absolute Gasteiger partial charge is 0.485 e. The van der Waals surface area contributed by atoms with E-state index in [4.69, 9.17) is 9.47 Å². The Morgan fingerprint density at radius 1 is 1.17 bits per heavy atom. The summed E-state index contributed by atoms with van der Waals surface area (Å²) in [4.78, 5) is 19.8. The third-order valence-electron chi connectivity index (χ3n) is 5.53. The fraction of sp³-hybridized carbons (Fsp3) is 0.333. The number of ether oxygens (including phenoxy) is 2. The van der Waals surface area contributed by atoms with Crippen molar-refractivity contribution in [3.63, 3.8) is 0 Å². The third kappa shape index (κ3) is 4.48. The Labute approximate surface area is 177 Å². The molecular weight excluding hydrogens is 378 g/mol. The number of aromatic nitrogens is 2. The molecule has 3 aromatic rings. The molecule has 0 fully saturated rings. The van der Waals surface area contributed by atoms with E-state index in [9.17, 15) is 4.79 Å². The van der Waals surface area contributed by atoms with Crippen molar-refractivity contribution < 1.29 is 14.3 Å². The van der Waals surface area contributed by atoms with Gasteiger partial charge in [-0.2, -0.15) is 0 Å². The fourth-order valence-electron chi connectivity index (χ4n) is 3.65. The van der Waals surface area contributed by atoms with Gasteiger partial charge < -0.3 is 18.9 Å². The first-order valence-corrected chi connectivity index (χ1v) is 10.3. The van der Waals surface area contributed by atoms with Crippen LogP contribution in [0.1, 0.15) is 24.7 Å². The molecular formula is C24H27N3O3. The zero-order valence-corrected chi connectivity index (χ0v) is 17.4. The Balaban J connectivity index is 1.50. The maximum Gasteiger partial charge on any atom is 0.267 e. The van der Waals surface area contributed by atoms with Gasteiger partial charge in [-0.3, -0.25) is 4.79 Å². The average molecular weight is 405 g/mol. The lowest BCUT2D eigenvalue weighted by atomic mass is 10.0. The van der Waals surface area contributed by atoms with E-state index >= 15 is 0 Å². The summed E-state index contributed by atoms with van der Waals surface area (Å²) in [5.74, 6) is 2.05. The van der Waals surface area contributed by atoms with Gasteiger partial charge in [0.15, 0.2) is 11.5 Å². The number of nitrogens with zero attached hydrogens (tertiary/aromatic N) is 3. The molecule has 0 N–H and O–H groups in total. The number of aryl methyl sites for hydroxylation is 2. The van der Waals surface area contributed by atoms with Gasteiger partial charge in [0.1, 0.15) is 12.4 Å². The van der Waals surface area contributed by atoms with Gasteiger partial charge in [-0.25, -0.2) is 4.98 Å². The predicted octanol–water partition coefficient (Wildman–Crippen LogP) is 3.61. The van der Waals surface area contributed by atoms with Crippen LogP contribution in [0.2, 0.25) is 0 Å². The summed E-state index contributed by atoms with van der Waals surface area (Å²) in [5.41, 5.74) is 1.26. The van der Waals surface area contributed by atoms with Gasteiger partial charge >= 0.3 is 0 Å². The lowest BCUT2D eigenvalue weighted by Crippen LogP contribution is -2.49. The van der Waals surface area contributed by atoms with Crippen LogP contribution in [-0.4, -0.2) is 39.1 Å². The molecule has 156 valence electrons. The second-order valence-electron chi connectivity index (χ2n) is 7.66. The molecule has 6 nitrogen and oxygen atoms in total. The van der Waals surface area contributed by atoms with Gasteiger partial charge in [0.25, 0.3) is 5.91 Å². The molecule has 4 rings (SSSR count). The van der Waals surface area contributed by atoms with Crippen LogP contribution in [0.15, 0.2) is 67.0 Å². The molecule has 2 atom stereocenters. The molecule has 30 heavy (non-hydrogen) atoms. The molecule has 0 aliphatic carbocycles. The van der Waals surface area contributed by atoms with Crippen LogP contribution in [0, 0.1) is 0 Å². The number of hydrogen-bond donors (Lipinski definition) is 0. The molecule has 1 aromatic heterocycles. The number of benzene rings is 2. The molecule has 0 saturated heterocycles. The van der Waals surface area contributed by atoms with E-state index in [1.54, 1.807) is 6.20 Å². The fourth-order valence-corrected chi connectivity index (χ4v) is 3.65. The van der Waals surface area contributed by atoms with Crippen molar-refractivity contribution in [2.75, 3.05) is 6.61 Å². The first kappa shape index (κ1) is 20.0. The number of rotatable bonds is 7. The number of hydrogen-bond acceptors (Lipinski definition) is 4. The van der Waals surface area contributed by atoms with Crippen LogP contribution in [0.3, 0.4) is 0 Å². The van der Waals surface area contributed by atoms with Gasteiger partial charge in [-0.1, -0.05) is 42.5 Å². The molecule has 0 radical (unpaired) electrons. The molecule has 1 aliphatic heterocycles. The van der Waals surface area contributed by atoms with Crippen molar-refractivity contribution >= 4 is 5.91 Å².